The summed E-state index contributed by atoms with van der Waals surface area (Å²) in [4.78, 5) is 0. The van der Waals surface area contributed by atoms with Crippen molar-refractivity contribution in [3.8, 4) is 11.5 Å². The number of anilines is 1. The third kappa shape index (κ3) is 4.30. The van der Waals surface area contributed by atoms with E-state index in [0.29, 0.717) is 16.5 Å². The molecule has 0 aliphatic heterocycles. The highest BCUT2D eigenvalue weighted by atomic mass is 35.5. The van der Waals surface area contributed by atoms with Crippen LogP contribution in [0.4, 0.5) is 10.1 Å². The van der Waals surface area contributed by atoms with Crippen molar-refractivity contribution in [1.82, 2.24) is 10.2 Å². The molecule has 4 nitrogen and oxygen atoms in total. The fourth-order valence-corrected chi connectivity index (χ4v) is 3.29. The molecule has 0 bridgehead atoms. The van der Waals surface area contributed by atoms with Gasteiger partial charge in [-0.3, -0.25) is 0 Å². The molecule has 1 heterocycles. The van der Waals surface area contributed by atoms with Crippen molar-refractivity contribution in [2.45, 2.75) is 19.9 Å². The first kappa shape index (κ1) is 19.2. The second-order valence-corrected chi connectivity index (χ2v) is 7.34. The van der Waals surface area contributed by atoms with Gasteiger partial charge in [0.1, 0.15) is 11.9 Å². The molecular weight excluding hydrogens is 389 g/mol. The summed E-state index contributed by atoms with van der Waals surface area (Å²) in [7, 11) is 0. The highest BCUT2D eigenvalue weighted by Crippen LogP contribution is 2.30. The van der Waals surface area contributed by atoms with Crippen LogP contribution in [-0.4, -0.2) is 10.2 Å². The van der Waals surface area contributed by atoms with E-state index in [1.165, 1.54) is 17.7 Å². The number of aromatic nitrogens is 2. The van der Waals surface area contributed by atoms with E-state index in [9.17, 15) is 4.39 Å². The second kappa shape index (κ2) is 8.05. The minimum atomic E-state index is -0.386. The van der Waals surface area contributed by atoms with Crippen LogP contribution in [0.25, 0.3) is 11.5 Å². The molecule has 0 aliphatic rings. The Bertz CT molecular complexity index is 1140. The van der Waals surface area contributed by atoms with E-state index in [2.05, 4.69) is 28.5 Å². The molecule has 1 N–H and O–H groups in total. The molecule has 0 spiro atoms. The van der Waals surface area contributed by atoms with E-state index in [1.54, 1.807) is 12.1 Å². The predicted molar refractivity (Wildman–Crippen MR) is 113 cm³/mol. The first-order valence-electron chi connectivity index (χ1n) is 9.18. The van der Waals surface area contributed by atoms with Crippen LogP contribution in [0.1, 0.15) is 28.6 Å². The number of nitrogens with zero attached hydrogens (tertiary/aromatic N) is 2. The molecule has 0 aliphatic carbocycles. The summed E-state index contributed by atoms with van der Waals surface area (Å²) in [6.45, 7) is 4.09. The average molecular weight is 408 g/mol. The molecule has 3 aromatic carbocycles. The maximum atomic E-state index is 13.6. The van der Waals surface area contributed by atoms with Crippen molar-refractivity contribution in [2.75, 3.05) is 5.32 Å². The van der Waals surface area contributed by atoms with Crippen molar-refractivity contribution < 1.29 is 8.81 Å². The highest BCUT2D eigenvalue weighted by Gasteiger charge is 2.22. The summed E-state index contributed by atoms with van der Waals surface area (Å²) in [6.07, 6.45) is 0. The third-order valence-electron chi connectivity index (χ3n) is 4.64. The topological polar surface area (TPSA) is 51.0 Å². The molecule has 29 heavy (non-hydrogen) atoms. The largest absolute Gasteiger partial charge is 0.418 e. The minimum Gasteiger partial charge on any atom is -0.418 e. The molecule has 1 aromatic heterocycles. The number of halogens is 2. The quantitative estimate of drug-likeness (QED) is 0.419. The fourth-order valence-electron chi connectivity index (χ4n) is 3.16. The molecule has 0 saturated carbocycles. The third-order valence-corrected chi connectivity index (χ3v) is 4.90. The Labute approximate surface area is 173 Å². The van der Waals surface area contributed by atoms with Gasteiger partial charge in [0.15, 0.2) is 0 Å². The van der Waals surface area contributed by atoms with Gasteiger partial charge in [0.2, 0.25) is 11.8 Å². The number of nitrogens with one attached hydrogen (secondary N) is 1. The maximum Gasteiger partial charge on any atom is 0.247 e. The molecule has 146 valence electrons. The smallest absolute Gasteiger partial charge is 0.247 e. The van der Waals surface area contributed by atoms with E-state index < -0.39 is 0 Å². The lowest BCUT2D eigenvalue weighted by Gasteiger charge is -2.19. The Morgan fingerprint density at radius 3 is 2.48 bits per heavy atom. The molecule has 0 unspecified atom stereocenters. The lowest BCUT2D eigenvalue weighted by molar-refractivity contribution is 0.493. The van der Waals surface area contributed by atoms with Gasteiger partial charge < -0.3 is 9.73 Å². The molecule has 1 atom stereocenters. The Hall–Kier alpha value is -3.18. The summed E-state index contributed by atoms with van der Waals surface area (Å²) in [6, 6.07) is 19.3. The van der Waals surface area contributed by atoms with E-state index in [1.807, 2.05) is 43.3 Å². The van der Waals surface area contributed by atoms with Crippen LogP contribution in [0.3, 0.4) is 0 Å². The first-order valence-corrected chi connectivity index (χ1v) is 9.56. The number of hydrogen-bond acceptors (Lipinski definition) is 4. The van der Waals surface area contributed by atoms with Gasteiger partial charge in [-0.25, -0.2) is 4.39 Å². The number of hydrogen-bond donors (Lipinski definition) is 1. The Balaban J connectivity index is 1.73. The monoisotopic (exact) mass is 407 g/mol. The Morgan fingerprint density at radius 1 is 0.966 bits per heavy atom. The van der Waals surface area contributed by atoms with Crippen molar-refractivity contribution in [2.24, 2.45) is 0 Å². The van der Waals surface area contributed by atoms with Crippen LogP contribution >= 0.6 is 11.6 Å². The highest BCUT2D eigenvalue weighted by molar-refractivity contribution is 6.30. The van der Waals surface area contributed by atoms with Crippen molar-refractivity contribution in [1.29, 1.82) is 0 Å². The minimum absolute atomic E-state index is 0.265. The van der Waals surface area contributed by atoms with Crippen LogP contribution in [0, 0.1) is 19.7 Å². The van der Waals surface area contributed by atoms with E-state index in [-0.39, 0.29) is 17.7 Å². The Morgan fingerprint density at radius 2 is 1.76 bits per heavy atom. The van der Waals surface area contributed by atoms with Crippen molar-refractivity contribution in [3.63, 3.8) is 0 Å². The lowest BCUT2D eigenvalue weighted by atomic mass is 10.0. The average Bonchev–Trinajstić information content (AvgIpc) is 3.18. The zero-order valence-corrected chi connectivity index (χ0v) is 16.7. The predicted octanol–water partition coefficient (Wildman–Crippen LogP) is 6.35. The van der Waals surface area contributed by atoms with Gasteiger partial charge in [-0.1, -0.05) is 47.5 Å². The molecular formula is C23H19ClFN3O. The summed E-state index contributed by atoms with van der Waals surface area (Å²) in [5.74, 6) is 0.289. The second-order valence-electron chi connectivity index (χ2n) is 6.90. The van der Waals surface area contributed by atoms with Gasteiger partial charge in [-0.15, -0.1) is 10.2 Å². The van der Waals surface area contributed by atoms with Gasteiger partial charge in [0, 0.05) is 16.3 Å². The fraction of sp³-hybridized carbons (Fsp3) is 0.130. The van der Waals surface area contributed by atoms with Gasteiger partial charge in [-0.05, 0) is 61.4 Å². The van der Waals surface area contributed by atoms with Crippen molar-refractivity contribution >= 4 is 17.3 Å². The van der Waals surface area contributed by atoms with Gasteiger partial charge in [-0.2, -0.15) is 0 Å². The summed E-state index contributed by atoms with van der Waals surface area (Å²) in [5.41, 5.74) is 4.70. The summed E-state index contributed by atoms with van der Waals surface area (Å²) in [5, 5.41) is 12.5. The van der Waals surface area contributed by atoms with Gasteiger partial charge >= 0.3 is 0 Å². The SMILES string of the molecule is Cc1ccc(N[C@H](c2ccc(Cl)cc2)c2nnc(-c3cccc(F)c3)o2)c(C)c1. The zero-order valence-electron chi connectivity index (χ0n) is 16.0. The number of aryl methyl sites for hydroxylation is 2. The van der Waals surface area contributed by atoms with E-state index in [4.69, 9.17) is 16.0 Å². The normalized spacial score (nSPS) is 12.0. The molecule has 0 saturated heterocycles. The Kier molecular flexibility index (Phi) is 5.32. The number of rotatable bonds is 5. The molecule has 0 radical (unpaired) electrons. The van der Waals surface area contributed by atoms with E-state index in [0.717, 1.165) is 16.8 Å². The molecule has 4 aromatic rings. The molecule has 0 amide bonds. The number of benzene rings is 3. The van der Waals surface area contributed by atoms with Crippen LogP contribution in [0.5, 0.6) is 0 Å². The zero-order chi connectivity index (χ0) is 20.4. The van der Waals surface area contributed by atoms with Crippen LogP contribution < -0.4 is 5.32 Å². The van der Waals surface area contributed by atoms with Crippen LogP contribution in [0.2, 0.25) is 5.02 Å². The van der Waals surface area contributed by atoms with Crippen LogP contribution in [0.15, 0.2) is 71.1 Å². The standard InChI is InChI=1S/C23H19ClFN3O/c1-14-6-11-20(15(2)12-14)26-21(16-7-9-18(24)10-8-16)23-28-27-22(29-23)17-4-3-5-19(25)13-17/h3-13,21,26H,1-2H3/t21-/m1/s1. The maximum absolute atomic E-state index is 13.6. The van der Waals surface area contributed by atoms with Gasteiger partial charge in [0.25, 0.3) is 0 Å². The van der Waals surface area contributed by atoms with Crippen LogP contribution in [-0.2, 0) is 0 Å². The molecule has 0 fully saturated rings. The van der Waals surface area contributed by atoms with E-state index >= 15 is 0 Å². The molecule has 4 rings (SSSR count). The lowest BCUT2D eigenvalue weighted by Crippen LogP contribution is -2.13. The van der Waals surface area contributed by atoms with Crippen molar-refractivity contribution in [3.05, 3.63) is 100 Å². The molecule has 6 heteroatoms. The summed E-state index contributed by atoms with van der Waals surface area (Å²) < 4.78 is 19.5. The first-order chi connectivity index (χ1) is 14.0. The van der Waals surface area contributed by atoms with Gasteiger partial charge in [0.05, 0.1) is 0 Å². The summed E-state index contributed by atoms with van der Waals surface area (Å²) >= 11 is 6.06.